The van der Waals surface area contributed by atoms with Gasteiger partial charge in [0.05, 0.1) is 11.4 Å². The van der Waals surface area contributed by atoms with Gasteiger partial charge >= 0.3 is 0 Å². The van der Waals surface area contributed by atoms with Gasteiger partial charge < -0.3 is 9.80 Å². The lowest BCUT2D eigenvalue weighted by Crippen LogP contribution is -2.36. The van der Waals surface area contributed by atoms with E-state index in [1.807, 2.05) is 0 Å². The molecule has 0 saturated carbocycles. The van der Waals surface area contributed by atoms with Crippen LogP contribution in [0.5, 0.6) is 0 Å². The summed E-state index contributed by atoms with van der Waals surface area (Å²) in [6.07, 6.45) is 6.99. The van der Waals surface area contributed by atoms with Crippen LogP contribution in [0.1, 0.15) is 57.3 Å². The minimum Gasteiger partial charge on any atom is -0.309 e. The Bertz CT molecular complexity index is 2070. The van der Waals surface area contributed by atoms with Crippen LogP contribution in [-0.2, 0) is 0 Å². The standard InChI is InChI=1S/C46H46N2/c1-29-17-21-37(25-33(29)5)47(38-22-18-30(2)34(6)26-38)45-41-13-9-11-15-43(41)46(44-16-12-10-14-42(44)45)48(39-23-19-31(3)35(7)27-39)40-24-20-32(4)36(8)28-40/h9,11,13-28H,10,12H2,1-8H3. The molecule has 0 atom stereocenters. The molecule has 48 heavy (non-hydrogen) atoms. The highest BCUT2D eigenvalue weighted by molar-refractivity contribution is 6.08. The maximum Gasteiger partial charge on any atom is 0.0616 e. The molecule has 0 aliphatic heterocycles. The molecule has 0 saturated heterocycles. The summed E-state index contributed by atoms with van der Waals surface area (Å²) in [4.78, 5) is 5.02. The van der Waals surface area contributed by atoms with Crippen molar-refractivity contribution in [3.8, 4) is 0 Å². The molecule has 0 aromatic heterocycles. The van der Waals surface area contributed by atoms with E-state index >= 15 is 0 Å². The van der Waals surface area contributed by atoms with Crippen molar-refractivity contribution in [2.45, 2.75) is 68.2 Å². The number of aryl methyl sites for hydroxylation is 8. The molecule has 2 heteroatoms. The number of anilines is 6. The first-order valence-corrected chi connectivity index (χ1v) is 17.3. The summed E-state index contributed by atoms with van der Waals surface area (Å²) in [7, 11) is 0. The molecular weight excluding hydrogens is 581 g/mol. The maximum atomic E-state index is 2.51. The first-order valence-electron chi connectivity index (χ1n) is 17.3. The summed E-state index contributed by atoms with van der Waals surface area (Å²) < 4.78 is 0. The monoisotopic (exact) mass is 626 g/mol. The van der Waals surface area contributed by atoms with E-state index in [0.29, 0.717) is 0 Å². The van der Waals surface area contributed by atoms with Gasteiger partial charge in [-0.1, -0.05) is 60.7 Å². The van der Waals surface area contributed by atoms with Gasteiger partial charge in [-0.2, -0.15) is 0 Å². The number of hydrogen-bond acceptors (Lipinski definition) is 2. The molecule has 0 heterocycles. The Morgan fingerprint density at radius 2 is 0.646 bits per heavy atom. The Morgan fingerprint density at radius 3 is 0.917 bits per heavy atom. The first kappa shape index (κ1) is 31.5. The second-order valence-corrected chi connectivity index (χ2v) is 13.8. The van der Waals surface area contributed by atoms with Gasteiger partial charge in [-0.15, -0.1) is 0 Å². The highest BCUT2D eigenvalue weighted by Crippen LogP contribution is 2.43. The molecule has 240 valence electrons. The van der Waals surface area contributed by atoms with Gasteiger partial charge in [0.2, 0.25) is 0 Å². The minimum absolute atomic E-state index is 1.01. The van der Waals surface area contributed by atoms with E-state index in [4.69, 9.17) is 0 Å². The quantitative estimate of drug-likeness (QED) is 0.170. The Labute approximate surface area is 286 Å². The van der Waals surface area contributed by atoms with Crippen molar-refractivity contribution in [3.63, 3.8) is 0 Å². The summed E-state index contributed by atoms with van der Waals surface area (Å²) in [5.74, 6) is 0. The van der Waals surface area contributed by atoms with Crippen LogP contribution in [0.25, 0.3) is 22.9 Å². The van der Waals surface area contributed by atoms with Crippen LogP contribution >= 0.6 is 0 Å². The third kappa shape index (κ3) is 5.50. The zero-order valence-corrected chi connectivity index (χ0v) is 29.7. The van der Waals surface area contributed by atoms with Gasteiger partial charge in [0.1, 0.15) is 0 Å². The molecule has 0 radical (unpaired) electrons. The third-order valence-electron chi connectivity index (χ3n) is 10.5. The second-order valence-electron chi connectivity index (χ2n) is 13.8. The zero-order chi connectivity index (χ0) is 33.7. The van der Waals surface area contributed by atoms with E-state index in [1.165, 1.54) is 99.8 Å². The van der Waals surface area contributed by atoms with Crippen LogP contribution in [0, 0.1) is 55.4 Å². The number of benzene rings is 6. The minimum atomic E-state index is 1.01. The van der Waals surface area contributed by atoms with Crippen molar-refractivity contribution < 1.29 is 0 Å². The van der Waals surface area contributed by atoms with Crippen molar-refractivity contribution in [3.05, 3.63) is 152 Å². The molecule has 0 N–H and O–H groups in total. The Kier molecular flexibility index (Phi) is 8.21. The summed E-state index contributed by atoms with van der Waals surface area (Å²) in [5.41, 5.74) is 17.6. The topological polar surface area (TPSA) is 6.48 Å². The summed E-state index contributed by atoms with van der Waals surface area (Å²) >= 11 is 0. The van der Waals surface area contributed by atoms with E-state index in [-0.39, 0.29) is 0 Å². The molecule has 1 aliphatic carbocycles. The third-order valence-corrected chi connectivity index (χ3v) is 10.5. The van der Waals surface area contributed by atoms with Crippen molar-refractivity contribution in [1.29, 1.82) is 0 Å². The molecule has 6 aromatic carbocycles. The number of nitrogens with zero attached hydrogens (tertiary/aromatic N) is 2. The van der Waals surface area contributed by atoms with Crippen molar-refractivity contribution in [2.75, 3.05) is 9.80 Å². The summed E-state index contributed by atoms with van der Waals surface area (Å²) in [5, 5.41) is 5.08. The van der Waals surface area contributed by atoms with Gasteiger partial charge in [-0.3, -0.25) is 0 Å². The first-order chi connectivity index (χ1) is 23.1. The predicted molar refractivity (Wildman–Crippen MR) is 209 cm³/mol. The molecule has 7 rings (SSSR count). The Hall–Kier alpha value is -5.08. The number of fused-ring (bicyclic) bond motifs is 2. The Morgan fingerprint density at radius 1 is 0.354 bits per heavy atom. The molecule has 0 amide bonds. The van der Waals surface area contributed by atoms with Crippen LogP contribution in [0.2, 0.25) is 0 Å². The molecule has 2 nitrogen and oxygen atoms in total. The van der Waals surface area contributed by atoms with Crippen LogP contribution < -0.4 is 20.2 Å². The normalized spacial score (nSPS) is 12.3. The smallest absolute Gasteiger partial charge is 0.0616 e. The van der Waals surface area contributed by atoms with Crippen molar-refractivity contribution in [2.24, 2.45) is 0 Å². The zero-order valence-electron chi connectivity index (χ0n) is 29.7. The van der Waals surface area contributed by atoms with E-state index in [2.05, 4.69) is 174 Å². The van der Waals surface area contributed by atoms with E-state index in [9.17, 15) is 0 Å². The molecule has 0 fully saturated rings. The highest BCUT2D eigenvalue weighted by Gasteiger charge is 2.25. The average Bonchev–Trinajstić information content (AvgIpc) is 3.08. The van der Waals surface area contributed by atoms with Gasteiger partial charge in [0, 0.05) is 44.0 Å². The van der Waals surface area contributed by atoms with Crippen molar-refractivity contribution >= 4 is 57.0 Å². The largest absolute Gasteiger partial charge is 0.309 e. The maximum absolute atomic E-state index is 2.51. The molecule has 1 aliphatic rings. The van der Waals surface area contributed by atoms with Crippen LogP contribution in [0.3, 0.4) is 0 Å². The Balaban J connectivity index is 1.62. The fourth-order valence-electron chi connectivity index (χ4n) is 7.07. The van der Waals surface area contributed by atoms with Gasteiger partial charge in [0.25, 0.3) is 0 Å². The highest BCUT2D eigenvalue weighted by atomic mass is 15.2. The molecule has 0 spiro atoms. The molecular formula is C46H46N2. The molecule has 0 bridgehead atoms. The average molecular weight is 627 g/mol. The lowest BCUT2D eigenvalue weighted by atomic mass is 9.94. The molecule has 0 unspecified atom stereocenters. The van der Waals surface area contributed by atoms with E-state index in [0.717, 1.165) is 12.8 Å². The lowest BCUT2D eigenvalue weighted by Gasteiger charge is -2.33. The van der Waals surface area contributed by atoms with E-state index < -0.39 is 0 Å². The second kappa shape index (κ2) is 12.5. The predicted octanol–water partition coefficient (Wildman–Crippen LogP) is 11.6. The lowest BCUT2D eigenvalue weighted by molar-refractivity contribution is 1.11. The molecule has 6 aromatic rings. The van der Waals surface area contributed by atoms with Crippen molar-refractivity contribution in [1.82, 2.24) is 0 Å². The van der Waals surface area contributed by atoms with Gasteiger partial charge in [-0.25, -0.2) is 0 Å². The van der Waals surface area contributed by atoms with E-state index in [1.54, 1.807) is 0 Å². The SMILES string of the molecule is Cc1ccc(N(c2ccc(C)c(C)c2)c2c3c(c(N(c4ccc(C)c(C)c4)c4ccc(C)c(C)c4)c4ccccc24)=CCCC=3)cc1C. The fourth-order valence-corrected chi connectivity index (χ4v) is 7.07. The fraction of sp³-hybridized carbons (Fsp3) is 0.217. The van der Waals surface area contributed by atoms with Crippen LogP contribution in [-0.4, -0.2) is 0 Å². The van der Waals surface area contributed by atoms with Crippen LogP contribution in [0.4, 0.5) is 34.1 Å². The number of hydrogen-bond donors (Lipinski definition) is 0. The van der Waals surface area contributed by atoms with Crippen LogP contribution in [0.15, 0.2) is 97.1 Å². The van der Waals surface area contributed by atoms with Gasteiger partial charge in [-0.05, 0) is 161 Å². The summed E-state index contributed by atoms with van der Waals surface area (Å²) in [6, 6.07) is 36.6. The van der Waals surface area contributed by atoms with Gasteiger partial charge in [0.15, 0.2) is 0 Å². The summed E-state index contributed by atoms with van der Waals surface area (Å²) in [6.45, 7) is 17.7. The number of rotatable bonds is 6.